The molecule has 1 aromatic rings. The third-order valence-electron chi connectivity index (χ3n) is 2.24. The lowest BCUT2D eigenvalue weighted by molar-refractivity contribution is 0.530. The van der Waals surface area contributed by atoms with Crippen molar-refractivity contribution in [3.63, 3.8) is 0 Å². The fourth-order valence-corrected chi connectivity index (χ4v) is 2.61. The zero-order chi connectivity index (χ0) is 11.6. The predicted molar refractivity (Wildman–Crippen MR) is 59.4 cm³/mol. The summed E-state index contributed by atoms with van der Waals surface area (Å²) in [6, 6.07) is 0. The highest BCUT2D eigenvalue weighted by atomic mass is 32.2. The van der Waals surface area contributed by atoms with Gasteiger partial charge in [0.15, 0.2) is 14.9 Å². The van der Waals surface area contributed by atoms with Gasteiger partial charge in [-0.25, -0.2) is 8.42 Å². The predicted octanol–water partition coefficient (Wildman–Crippen LogP) is 0.977. The van der Waals surface area contributed by atoms with Crippen LogP contribution in [0.3, 0.4) is 0 Å². The maximum absolute atomic E-state index is 11.8. The number of hydrogen-bond donors (Lipinski definition) is 1. The third kappa shape index (κ3) is 2.14. The second-order valence-corrected chi connectivity index (χ2v) is 5.62. The highest BCUT2D eigenvalue weighted by Crippen LogP contribution is 2.23. The van der Waals surface area contributed by atoms with Gasteiger partial charge in [-0.3, -0.25) is 4.68 Å². The first-order chi connectivity index (χ1) is 6.94. The lowest BCUT2D eigenvalue weighted by Crippen LogP contribution is -2.14. The minimum absolute atomic E-state index is 0.0477. The molecular formula is C9H17N3O2S. The van der Waals surface area contributed by atoms with E-state index in [1.54, 1.807) is 13.8 Å². The number of nitrogens with two attached hydrogens (primary N) is 1. The summed E-state index contributed by atoms with van der Waals surface area (Å²) in [7, 11) is -3.29. The molecule has 1 aromatic heterocycles. The molecule has 2 N–H and O–H groups in total. The molecule has 5 nitrogen and oxygen atoms in total. The lowest BCUT2D eigenvalue weighted by Gasteiger charge is -2.06. The van der Waals surface area contributed by atoms with Gasteiger partial charge in [-0.15, -0.1) is 0 Å². The molecule has 1 heterocycles. The number of aromatic nitrogens is 2. The van der Waals surface area contributed by atoms with Crippen LogP contribution in [0.2, 0.25) is 0 Å². The van der Waals surface area contributed by atoms with Gasteiger partial charge in [-0.05, 0) is 13.3 Å². The van der Waals surface area contributed by atoms with Gasteiger partial charge in [0.2, 0.25) is 0 Å². The van der Waals surface area contributed by atoms with Crippen LogP contribution in [0.15, 0.2) is 5.03 Å². The van der Waals surface area contributed by atoms with Crippen LogP contribution in [0, 0.1) is 6.92 Å². The maximum atomic E-state index is 11.8. The van der Waals surface area contributed by atoms with E-state index in [4.69, 9.17) is 5.73 Å². The number of anilines is 1. The van der Waals surface area contributed by atoms with E-state index in [9.17, 15) is 8.42 Å². The molecule has 0 bridgehead atoms. The summed E-state index contributed by atoms with van der Waals surface area (Å²) in [5.41, 5.74) is 6.59. The Hall–Kier alpha value is -1.04. The van der Waals surface area contributed by atoms with Gasteiger partial charge in [0, 0.05) is 6.54 Å². The number of hydrogen-bond acceptors (Lipinski definition) is 4. The van der Waals surface area contributed by atoms with Gasteiger partial charge < -0.3 is 5.73 Å². The van der Waals surface area contributed by atoms with Crippen LogP contribution >= 0.6 is 0 Å². The van der Waals surface area contributed by atoms with Crippen LogP contribution in [0.1, 0.15) is 26.0 Å². The summed E-state index contributed by atoms with van der Waals surface area (Å²) in [6.45, 7) is 5.87. The largest absolute Gasteiger partial charge is 0.395 e. The summed E-state index contributed by atoms with van der Waals surface area (Å²) < 4.78 is 25.1. The van der Waals surface area contributed by atoms with Crippen molar-refractivity contribution in [2.45, 2.75) is 38.8 Å². The van der Waals surface area contributed by atoms with Crippen LogP contribution in [-0.4, -0.2) is 24.0 Å². The van der Waals surface area contributed by atoms with Crippen molar-refractivity contribution in [1.82, 2.24) is 9.78 Å². The minimum atomic E-state index is -3.29. The molecule has 86 valence electrons. The van der Waals surface area contributed by atoms with E-state index < -0.39 is 9.84 Å². The van der Waals surface area contributed by atoms with Gasteiger partial charge in [0.05, 0.1) is 17.1 Å². The normalized spacial score (nSPS) is 11.9. The Bertz CT molecular complexity index is 448. The molecule has 15 heavy (non-hydrogen) atoms. The molecule has 0 atom stereocenters. The molecule has 0 radical (unpaired) electrons. The van der Waals surface area contributed by atoms with Crippen LogP contribution in [-0.2, 0) is 16.4 Å². The van der Waals surface area contributed by atoms with Gasteiger partial charge in [0.1, 0.15) is 0 Å². The summed E-state index contributed by atoms with van der Waals surface area (Å²) in [5, 5.41) is 4.30. The van der Waals surface area contributed by atoms with Crippen molar-refractivity contribution < 1.29 is 8.42 Å². The zero-order valence-electron chi connectivity index (χ0n) is 9.32. The van der Waals surface area contributed by atoms with Crippen molar-refractivity contribution in [3.05, 3.63) is 5.69 Å². The third-order valence-corrected chi connectivity index (χ3v) is 4.02. The molecule has 0 aliphatic rings. The molecule has 0 fully saturated rings. The summed E-state index contributed by atoms with van der Waals surface area (Å²) in [5.74, 6) is 0.0477. The molecule has 0 saturated heterocycles. The van der Waals surface area contributed by atoms with Crippen molar-refractivity contribution in [2.24, 2.45) is 0 Å². The molecule has 6 heteroatoms. The standard InChI is InChI=1S/C9H17N3O2S/c1-4-6-12-9(15(13,14)5-2)8(10)7(3)11-12/h4-6,10H2,1-3H3. The van der Waals surface area contributed by atoms with E-state index in [0.29, 0.717) is 12.2 Å². The second-order valence-electron chi connectivity index (χ2n) is 3.43. The van der Waals surface area contributed by atoms with Crippen LogP contribution in [0.4, 0.5) is 5.69 Å². The van der Waals surface area contributed by atoms with Crippen molar-refractivity contribution in [1.29, 1.82) is 0 Å². The topological polar surface area (TPSA) is 78.0 Å². The van der Waals surface area contributed by atoms with E-state index in [0.717, 1.165) is 6.42 Å². The Balaban J connectivity index is 3.38. The summed E-state index contributed by atoms with van der Waals surface area (Å²) in [6.07, 6.45) is 0.826. The number of nitrogens with zero attached hydrogens (tertiary/aromatic N) is 2. The molecule has 0 amide bonds. The van der Waals surface area contributed by atoms with E-state index in [2.05, 4.69) is 5.10 Å². The van der Waals surface area contributed by atoms with Crippen LogP contribution in [0.25, 0.3) is 0 Å². The molecule has 0 aromatic carbocycles. The highest BCUT2D eigenvalue weighted by Gasteiger charge is 2.23. The zero-order valence-corrected chi connectivity index (χ0v) is 10.1. The van der Waals surface area contributed by atoms with E-state index in [-0.39, 0.29) is 16.5 Å². The van der Waals surface area contributed by atoms with Gasteiger partial charge in [-0.2, -0.15) is 5.10 Å². The van der Waals surface area contributed by atoms with E-state index in [1.807, 2.05) is 6.92 Å². The van der Waals surface area contributed by atoms with Gasteiger partial charge in [-0.1, -0.05) is 13.8 Å². The molecule has 0 unspecified atom stereocenters. The SMILES string of the molecule is CCCn1nc(C)c(N)c1S(=O)(=O)CC. The second kappa shape index (κ2) is 4.22. The highest BCUT2D eigenvalue weighted by molar-refractivity contribution is 7.91. The fourth-order valence-electron chi connectivity index (χ4n) is 1.40. The van der Waals surface area contributed by atoms with Crippen LogP contribution < -0.4 is 5.73 Å². The van der Waals surface area contributed by atoms with Crippen molar-refractivity contribution >= 4 is 15.5 Å². The lowest BCUT2D eigenvalue weighted by atomic mass is 10.4. The van der Waals surface area contributed by atoms with Gasteiger partial charge in [0.25, 0.3) is 0 Å². The van der Waals surface area contributed by atoms with Crippen molar-refractivity contribution in [3.8, 4) is 0 Å². The Morgan fingerprint density at radius 2 is 2.00 bits per heavy atom. The number of nitrogen functional groups attached to an aromatic ring is 1. The number of sulfone groups is 1. The average Bonchev–Trinajstić information content (AvgIpc) is 2.44. The molecule has 1 rings (SSSR count). The van der Waals surface area contributed by atoms with Crippen molar-refractivity contribution in [2.75, 3.05) is 11.5 Å². The first-order valence-corrected chi connectivity index (χ1v) is 6.64. The Morgan fingerprint density at radius 1 is 1.40 bits per heavy atom. The Morgan fingerprint density at radius 3 is 2.47 bits per heavy atom. The van der Waals surface area contributed by atoms with E-state index >= 15 is 0 Å². The average molecular weight is 231 g/mol. The Kier molecular flexibility index (Phi) is 3.38. The summed E-state index contributed by atoms with van der Waals surface area (Å²) in [4.78, 5) is 0. The molecule has 0 aliphatic heterocycles. The first-order valence-electron chi connectivity index (χ1n) is 4.99. The molecular weight excluding hydrogens is 214 g/mol. The molecule has 0 spiro atoms. The Labute approximate surface area is 90.2 Å². The van der Waals surface area contributed by atoms with Crippen LogP contribution in [0.5, 0.6) is 0 Å². The fraction of sp³-hybridized carbons (Fsp3) is 0.667. The van der Waals surface area contributed by atoms with E-state index in [1.165, 1.54) is 4.68 Å². The first kappa shape index (κ1) is 12.0. The summed E-state index contributed by atoms with van der Waals surface area (Å²) >= 11 is 0. The monoisotopic (exact) mass is 231 g/mol. The number of aryl methyl sites for hydroxylation is 2. The quantitative estimate of drug-likeness (QED) is 0.837. The smallest absolute Gasteiger partial charge is 0.197 e. The number of rotatable bonds is 4. The minimum Gasteiger partial charge on any atom is -0.395 e. The molecule has 0 saturated carbocycles. The maximum Gasteiger partial charge on any atom is 0.197 e. The molecule has 0 aliphatic carbocycles. The van der Waals surface area contributed by atoms with Gasteiger partial charge >= 0.3 is 0 Å².